The molecule has 3 aliphatic rings. The Kier molecular flexibility index (Phi) is 7.69. The Morgan fingerprint density at radius 2 is 1.90 bits per heavy atom. The second-order valence-electron chi connectivity index (χ2n) is 8.70. The lowest BCUT2D eigenvalue weighted by atomic mass is 9.74. The molecule has 31 heavy (non-hydrogen) atoms. The Hall–Kier alpha value is -1.83. The molecule has 0 bridgehead atoms. The summed E-state index contributed by atoms with van der Waals surface area (Å²) in [4.78, 5) is 7.51. The van der Waals surface area contributed by atoms with Crippen molar-refractivity contribution in [2.24, 2.45) is 4.99 Å². The molecule has 0 aromatic heterocycles. The Labute approximate surface area is 186 Å². The van der Waals surface area contributed by atoms with E-state index in [1.54, 1.807) is 7.11 Å². The van der Waals surface area contributed by atoms with Crippen LogP contribution in [0, 0.1) is 0 Å². The SMILES string of the molecule is CCNC(=NCC1(c2ccc(OC)cc2)CCOCC1)N1CCOC(C2CCCO2)C1. The van der Waals surface area contributed by atoms with Gasteiger partial charge in [0.15, 0.2) is 5.96 Å². The van der Waals surface area contributed by atoms with E-state index in [4.69, 9.17) is 23.9 Å². The van der Waals surface area contributed by atoms with Crippen LogP contribution in [-0.2, 0) is 19.6 Å². The molecule has 3 fully saturated rings. The second-order valence-corrected chi connectivity index (χ2v) is 8.70. The van der Waals surface area contributed by atoms with E-state index in [1.165, 1.54) is 5.56 Å². The summed E-state index contributed by atoms with van der Waals surface area (Å²) in [5.74, 6) is 1.87. The standard InChI is InChI=1S/C24H37N3O4/c1-3-25-23(27-12-16-31-22(17-27)21-5-4-13-30-21)26-18-24(10-14-29-15-11-24)19-6-8-20(28-2)9-7-19/h6-9,21-22H,3-5,10-18H2,1-2H3,(H,25,26). The molecule has 2 atom stereocenters. The highest BCUT2D eigenvalue weighted by Crippen LogP contribution is 2.36. The Morgan fingerprint density at radius 3 is 2.58 bits per heavy atom. The molecule has 0 amide bonds. The summed E-state index contributed by atoms with van der Waals surface area (Å²) in [6.07, 6.45) is 4.51. The lowest BCUT2D eigenvalue weighted by molar-refractivity contribution is -0.0817. The molecule has 0 radical (unpaired) electrons. The fourth-order valence-corrected chi connectivity index (χ4v) is 4.89. The summed E-state index contributed by atoms with van der Waals surface area (Å²) in [5.41, 5.74) is 1.31. The van der Waals surface area contributed by atoms with E-state index in [1.807, 2.05) is 0 Å². The van der Waals surface area contributed by atoms with Crippen molar-refractivity contribution in [2.45, 2.75) is 50.2 Å². The number of hydrogen-bond acceptors (Lipinski definition) is 5. The highest BCUT2D eigenvalue weighted by atomic mass is 16.5. The quantitative estimate of drug-likeness (QED) is 0.552. The molecular formula is C24H37N3O4. The van der Waals surface area contributed by atoms with E-state index in [0.29, 0.717) is 6.61 Å². The summed E-state index contributed by atoms with van der Waals surface area (Å²) in [5, 5.41) is 3.52. The first-order valence-corrected chi connectivity index (χ1v) is 11.7. The van der Waals surface area contributed by atoms with Crippen molar-refractivity contribution in [3.8, 4) is 5.75 Å². The number of hydrogen-bond donors (Lipinski definition) is 1. The largest absolute Gasteiger partial charge is 0.497 e. The number of aliphatic imine (C=N–C) groups is 1. The van der Waals surface area contributed by atoms with Crippen molar-refractivity contribution in [2.75, 3.05) is 59.7 Å². The van der Waals surface area contributed by atoms with Crippen LogP contribution in [0.15, 0.2) is 29.3 Å². The van der Waals surface area contributed by atoms with Gasteiger partial charge in [0.05, 0.1) is 26.4 Å². The van der Waals surface area contributed by atoms with E-state index in [9.17, 15) is 0 Å². The minimum Gasteiger partial charge on any atom is -0.497 e. The third kappa shape index (κ3) is 5.33. The number of guanidine groups is 1. The van der Waals surface area contributed by atoms with E-state index < -0.39 is 0 Å². The average Bonchev–Trinajstić information content (AvgIpc) is 3.38. The molecule has 0 aliphatic carbocycles. The van der Waals surface area contributed by atoms with Crippen molar-refractivity contribution >= 4 is 5.96 Å². The zero-order valence-electron chi connectivity index (χ0n) is 19.0. The van der Waals surface area contributed by atoms with Gasteiger partial charge in [-0.15, -0.1) is 0 Å². The molecule has 3 heterocycles. The first kappa shape index (κ1) is 22.4. The van der Waals surface area contributed by atoms with E-state index in [-0.39, 0.29) is 17.6 Å². The van der Waals surface area contributed by atoms with Crippen LogP contribution in [0.2, 0.25) is 0 Å². The maximum Gasteiger partial charge on any atom is 0.194 e. The topological polar surface area (TPSA) is 64.6 Å². The number of benzene rings is 1. The van der Waals surface area contributed by atoms with Gasteiger partial charge in [0.2, 0.25) is 0 Å². The van der Waals surface area contributed by atoms with Gasteiger partial charge in [-0.2, -0.15) is 0 Å². The van der Waals surface area contributed by atoms with Gasteiger partial charge in [0.1, 0.15) is 11.9 Å². The number of nitrogens with zero attached hydrogens (tertiary/aromatic N) is 2. The normalized spacial score (nSPS) is 26.6. The van der Waals surface area contributed by atoms with Crippen molar-refractivity contribution in [3.63, 3.8) is 0 Å². The number of methoxy groups -OCH3 is 1. The predicted molar refractivity (Wildman–Crippen MR) is 121 cm³/mol. The zero-order valence-corrected chi connectivity index (χ0v) is 19.0. The lowest BCUT2D eigenvalue weighted by Crippen LogP contribution is -2.53. The van der Waals surface area contributed by atoms with Gasteiger partial charge in [-0.05, 0) is 50.3 Å². The summed E-state index contributed by atoms with van der Waals surface area (Å²) in [6, 6.07) is 8.48. The minimum atomic E-state index is -0.00849. The van der Waals surface area contributed by atoms with Gasteiger partial charge in [-0.25, -0.2) is 0 Å². The van der Waals surface area contributed by atoms with Crippen LogP contribution >= 0.6 is 0 Å². The van der Waals surface area contributed by atoms with E-state index in [0.717, 1.165) is 83.4 Å². The van der Waals surface area contributed by atoms with Gasteiger partial charge >= 0.3 is 0 Å². The summed E-state index contributed by atoms with van der Waals surface area (Å²) >= 11 is 0. The van der Waals surface area contributed by atoms with Crippen LogP contribution in [0.25, 0.3) is 0 Å². The smallest absolute Gasteiger partial charge is 0.194 e. The van der Waals surface area contributed by atoms with Crippen molar-refractivity contribution in [1.82, 2.24) is 10.2 Å². The summed E-state index contributed by atoms with van der Waals surface area (Å²) in [6.45, 7) is 8.52. The van der Waals surface area contributed by atoms with E-state index >= 15 is 0 Å². The molecule has 1 aromatic carbocycles. The molecule has 3 aliphatic heterocycles. The fraction of sp³-hybridized carbons (Fsp3) is 0.708. The van der Waals surface area contributed by atoms with Crippen molar-refractivity contribution in [1.29, 1.82) is 0 Å². The molecular weight excluding hydrogens is 394 g/mol. The minimum absolute atomic E-state index is 0.00849. The Balaban J connectivity index is 1.51. The maximum absolute atomic E-state index is 6.05. The zero-order chi connectivity index (χ0) is 21.5. The predicted octanol–water partition coefficient (Wildman–Crippen LogP) is 2.59. The fourth-order valence-electron chi connectivity index (χ4n) is 4.89. The first-order chi connectivity index (χ1) is 15.2. The van der Waals surface area contributed by atoms with Gasteiger partial charge < -0.3 is 29.2 Å². The Bertz CT molecular complexity index is 712. The molecule has 2 unspecified atom stereocenters. The molecule has 3 saturated heterocycles. The van der Waals surface area contributed by atoms with Crippen LogP contribution in [0.5, 0.6) is 5.75 Å². The molecule has 1 aromatic rings. The van der Waals surface area contributed by atoms with Gasteiger partial charge in [-0.3, -0.25) is 4.99 Å². The highest BCUT2D eigenvalue weighted by molar-refractivity contribution is 5.80. The number of ether oxygens (including phenoxy) is 4. The van der Waals surface area contributed by atoms with Crippen LogP contribution in [0.1, 0.15) is 38.2 Å². The molecule has 1 N–H and O–H groups in total. The summed E-state index contributed by atoms with van der Waals surface area (Å²) in [7, 11) is 1.71. The van der Waals surface area contributed by atoms with Gasteiger partial charge in [-0.1, -0.05) is 12.1 Å². The van der Waals surface area contributed by atoms with Crippen molar-refractivity contribution < 1.29 is 18.9 Å². The Morgan fingerprint density at radius 1 is 1.13 bits per heavy atom. The van der Waals surface area contributed by atoms with Gasteiger partial charge in [0, 0.05) is 44.9 Å². The maximum atomic E-state index is 6.05. The number of morpholine rings is 1. The van der Waals surface area contributed by atoms with Crippen molar-refractivity contribution in [3.05, 3.63) is 29.8 Å². The lowest BCUT2D eigenvalue weighted by Gasteiger charge is -2.39. The van der Waals surface area contributed by atoms with Crippen LogP contribution < -0.4 is 10.1 Å². The number of rotatable bonds is 6. The molecule has 7 heteroatoms. The van der Waals surface area contributed by atoms with Crippen LogP contribution in [0.3, 0.4) is 0 Å². The first-order valence-electron chi connectivity index (χ1n) is 11.7. The molecule has 4 rings (SSSR count). The number of nitrogens with one attached hydrogen (secondary N) is 1. The molecule has 7 nitrogen and oxygen atoms in total. The van der Waals surface area contributed by atoms with Gasteiger partial charge in [0.25, 0.3) is 0 Å². The molecule has 0 saturated carbocycles. The third-order valence-corrected chi connectivity index (χ3v) is 6.79. The summed E-state index contributed by atoms with van der Waals surface area (Å²) < 4.78 is 23.0. The van der Waals surface area contributed by atoms with Crippen LogP contribution in [-0.4, -0.2) is 82.8 Å². The highest BCUT2D eigenvalue weighted by Gasteiger charge is 2.36. The third-order valence-electron chi connectivity index (χ3n) is 6.79. The molecule has 172 valence electrons. The second kappa shape index (κ2) is 10.7. The van der Waals surface area contributed by atoms with Crippen LogP contribution in [0.4, 0.5) is 0 Å². The average molecular weight is 432 g/mol. The monoisotopic (exact) mass is 431 g/mol. The van der Waals surface area contributed by atoms with E-state index in [2.05, 4.69) is 41.4 Å². The molecule has 0 spiro atoms.